The van der Waals surface area contributed by atoms with E-state index >= 15 is 0 Å². The number of rotatable bonds is 7. The van der Waals surface area contributed by atoms with Crippen LogP contribution in [-0.2, 0) is 4.79 Å². The molecule has 2 rings (SSSR count). The van der Waals surface area contributed by atoms with Crippen molar-refractivity contribution in [2.75, 3.05) is 38.5 Å². The molecule has 5 nitrogen and oxygen atoms in total. The lowest BCUT2D eigenvalue weighted by Crippen LogP contribution is -2.33. The minimum atomic E-state index is 0.168. The number of carbonyl (C=O) groups excluding carboxylic acids is 1. The van der Waals surface area contributed by atoms with E-state index in [0.29, 0.717) is 18.9 Å². The van der Waals surface area contributed by atoms with Gasteiger partial charge in [-0.1, -0.05) is 0 Å². The van der Waals surface area contributed by atoms with Crippen LogP contribution in [0.25, 0.3) is 0 Å². The van der Waals surface area contributed by atoms with Crippen molar-refractivity contribution in [3.8, 4) is 0 Å². The summed E-state index contributed by atoms with van der Waals surface area (Å²) in [6, 6.07) is 1.96. The fourth-order valence-electron chi connectivity index (χ4n) is 3.00. The van der Waals surface area contributed by atoms with Gasteiger partial charge in [-0.05, 0) is 57.3 Å². The molecule has 1 aromatic rings. The van der Waals surface area contributed by atoms with Crippen LogP contribution in [0.5, 0.6) is 0 Å². The number of carbonyl (C=O) groups is 1. The summed E-state index contributed by atoms with van der Waals surface area (Å²) in [5.74, 6) is 0.851. The molecule has 0 aromatic carbocycles. The number of piperidine rings is 1. The maximum atomic E-state index is 11.9. The highest BCUT2D eigenvalue weighted by molar-refractivity contribution is 5.75. The third-order valence-electron chi connectivity index (χ3n) is 4.28. The van der Waals surface area contributed by atoms with Crippen molar-refractivity contribution >= 4 is 11.6 Å². The van der Waals surface area contributed by atoms with Crippen LogP contribution in [-0.4, -0.2) is 49.0 Å². The molecule has 0 unspecified atom stereocenters. The molecule has 1 aromatic heterocycles. The molecule has 0 radical (unpaired) electrons. The van der Waals surface area contributed by atoms with E-state index in [4.69, 9.17) is 0 Å². The highest BCUT2D eigenvalue weighted by Gasteiger charge is 2.17. The van der Waals surface area contributed by atoms with Gasteiger partial charge in [-0.2, -0.15) is 0 Å². The van der Waals surface area contributed by atoms with Crippen LogP contribution in [0.15, 0.2) is 18.5 Å². The van der Waals surface area contributed by atoms with Crippen molar-refractivity contribution in [3.63, 3.8) is 0 Å². The maximum absolute atomic E-state index is 11.9. The van der Waals surface area contributed by atoms with Gasteiger partial charge in [0.05, 0.1) is 0 Å². The van der Waals surface area contributed by atoms with Crippen molar-refractivity contribution in [3.05, 3.63) is 24.0 Å². The molecule has 2 N–H and O–H groups in total. The standard InChI is InChI=1S/C17H28N4O/c1-14-12-18-8-7-16(14)19-9-10-20-17(22)6-5-15-4-3-11-21(2)13-15/h7-8,12,15H,3-6,9-11,13H2,1-2H3,(H,18,19)(H,20,22)/t15-/m0/s1. The largest absolute Gasteiger partial charge is 0.383 e. The Kier molecular flexibility index (Phi) is 6.65. The Morgan fingerprint density at radius 1 is 1.45 bits per heavy atom. The zero-order chi connectivity index (χ0) is 15.8. The Bertz CT molecular complexity index is 477. The molecule has 0 spiro atoms. The monoisotopic (exact) mass is 304 g/mol. The Morgan fingerprint density at radius 2 is 2.32 bits per heavy atom. The summed E-state index contributed by atoms with van der Waals surface area (Å²) in [7, 11) is 2.17. The van der Waals surface area contributed by atoms with Gasteiger partial charge in [-0.3, -0.25) is 9.78 Å². The lowest BCUT2D eigenvalue weighted by Gasteiger charge is -2.29. The Balaban J connectivity index is 1.57. The van der Waals surface area contributed by atoms with Gasteiger partial charge in [-0.25, -0.2) is 0 Å². The molecular weight excluding hydrogens is 276 g/mol. The van der Waals surface area contributed by atoms with Gasteiger partial charge in [0, 0.05) is 44.1 Å². The summed E-state index contributed by atoms with van der Waals surface area (Å²) < 4.78 is 0. The van der Waals surface area contributed by atoms with Crippen LogP contribution < -0.4 is 10.6 Å². The highest BCUT2D eigenvalue weighted by Crippen LogP contribution is 2.19. The topological polar surface area (TPSA) is 57.3 Å². The smallest absolute Gasteiger partial charge is 0.220 e. The van der Waals surface area contributed by atoms with E-state index in [9.17, 15) is 4.79 Å². The number of likely N-dealkylation sites (tertiary alicyclic amines) is 1. The van der Waals surface area contributed by atoms with Gasteiger partial charge in [0.2, 0.25) is 5.91 Å². The molecule has 2 heterocycles. The van der Waals surface area contributed by atoms with Crippen molar-refractivity contribution in [1.82, 2.24) is 15.2 Å². The molecule has 1 saturated heterocycles. The number of amides is 1. The average Bonchev–Trinajstić information content (AvgIpc) is 2.51. The average molecular weight is 304 g/mol. The second-order valence-corrected chi connectivity index (χ2v) is 6.28. The Hall–Kier alpha value is -1.62. The lowest BCUT2D eigenvalue weighted by atomic mass is 9.93. The number of hydrogen-bond acceptors (Lipinski definition) is 4. The summed E-state index contributed by atoms with van der Waals surface area (Å²) in [6.45, 7) is 5.75. The van der Waals surface area contributed by atoms with E-state index in [1.54, 1.807) is 6.20 Å². The van der Waals surface area contributed by atoms with Crippen LogP contribution in [0.1, 0.15) is 31.2 Å². The molecule has 22 heavy (non-hydrogen) atoms. The van der Waals surface area contributed by atoms with E-state index in [-0.39, 0.29) is 5.91 Å². The number of aromatic nitrogens is 1. The molecule has 5 heteroatoms. The van der Waals surface area contributed by atoms with Gasteiger partial charge >= 0.3 is 0 Å². The summed E-state index contributed by atoms with van der Waals surface area (Å²) in [6.07, 6.45) is 7.79. The first-order valence-electron chi connectivity index (χ1n) is 8.25. The minimum absolute atomic E-state index is 0.168. The van der Waals surface area contributed by atoms with E-state index in [1.807, 2.05) is 19.2 Å². The van der Waals surface area contributed by atoms with Crippen LogP contribution >= 0.6 is 0 Å². The predicted octanol–water partition coefficient (Wildman–Crippen LogP) is 2.04. The van der Waals surface area contributed by atoms with Gasteiger partial charge in [0.15, 0.2) is 0 Å². The molecule has 0 aliphatic carbocycles. The fourth-order valence-corrected chi connectivity index (χ4v) is 3.00. The summed E-state index contributed by atoms with van der Waals surface area (Å²) in [5, 5.41) is 6.31. The van der Waals surface area contributed by atoms with E-state index in [0.717, 1.165) is 30.8 Å². The van der Waals surface area contributed by atoms with Gasteiger partial charge in [0.25, 0.3) is 0 Å². The molecular formula is C17H28N4O. The maximum Gasteiger partial charge on any atom is 0.220 e. The summed E-state index contributed by atoms with van der Waals surface area (Å²) in [5.41, 5.74) is 2.20. The molecule has 1 fully saturated rings. The summed E-state index contributed by atoms with van der Waals surface area (Å²) >= 11 is 0. The van der Waals surface area contributed by atoms with Gasteiger partial charge in [0.1, 0.15) is 0 Å². The van der Waals surface area contributed by atoms with Crippen LogP contribution in [0.4, 0.5) is 5.69 Å². The molecule has 0 bridgehead atoms. The first-order chi connectivity index (χ1) is 10.6. The highest BCUT2D eigenvalue weighted by atomic mass is 16.1. The van der Waals surface area contributed by atoms with E-state index in [2.05, 4.69) is 27.6 Å². The molecule has 1 aliphatic rings. The minimum Gasteiger partial charge on any atom is -0.383 e. The van der Waals surface area contributed by atoms with E-state index in [1.165, 1.54) is 19.4 Å². The normalized spacial score (nSPS) is 18.9. The zero-order valence-electron chi connectivity index (χ0n) is 13.8. The summed E-state index contributed by atoms with van der Waals surface area (Å²) in [4.78, 5) is 18.3. The van der Waals surface area contributed by atoms with Crippen molar-refractivity contribution in [1.29, 1.82) is 0 Å². The van der Waals surface area contributed by atoms with E-state index < -0.39 is 0 Å². The quantitative estimate of drug-likeness (QED) is 0.757. The van der Waals surface area contributed by atoms with Crippen molar-refractivity contribution in [2.24, 2.45) is 5.92 Å². The molecule has 122 valence electrons. The zero-order valence-corrected chi connectivity index (χ0v) is 13.8. The number of hydrogen-bond donors (Lipinski definition) is 2. The second kappa shape index (κ2) is 8.73. The lowest BCUT2D eigenvalue weighted by molar-refractivity contribution is -0.121. The third kappa shape index (κ3) is 5.64. The number of nitrogens with one attached hydrogen (secondary N) is 2. The third-order valence-corrected chi connectivity index (χ3v) is 4.28. The number of anilines is 1. The van der Waals surface area contributed by atoms with Gasteiger partial charge in [-0.15, -0.1) is 0 Å². The molecule has 1 aliphatic heterocycles. The number of aryl methyl sites for hydroxylation is 1. The Labute approximate surface area is 133 Å². The molecule has 1 atom stereocenters. The molecule has 1 amide bonds. The van der Waals surface area contributed by atoms with Crippen molar-refractivity contribution < 1.29 is 4.79 Å². The SMILES string of the molecule is Cc1cnccc1NCCNC(=O)CC[C@@H]1CCCN(C)C1. The predicted molar refractivity (Wildman–Crippen MR) is 89.9 cm³/mol. The molecule has 0 saturated carbocycles. The van der Waals surface area contributed by atoms with Crippen molar-refractivity contribution in [2.45, 2.75) is 32.6 Å². The number of pyridine rings is 1. The first-order valence-corrected chi connectivity index (χ1v) is 8.25. The Morgan fingerprint density at radius 3 is 3.09 bits per heavy atom. The van der Waals surface area contributed by atoms with Gasteiger partial charge < -0.3 is 15.5 Å². The van der Waals surface area contributed by atoms with Crippen LogP contribution in [0.3, 0.4) is 0 Å². The van der Waals surface area contributed by atoms with Crippen LogP contribution in [0.2, 0.25) is 0 Å². The van der Waals surface area contributed by atoms with Crippen LogP contribution in [0, 0.1) is 12.8 Å². The number of nitrogens with zero attached hydrogens (tertiary/aromatic N) is 2. The first kappa shape index (κ1) is 16.7. The second-order valence-electron chi connectivity index (χ2n) is 6.28. The fraction of sp³-hybridized carbons (Fsp3) is 0.647.